The molecule has 2 N–H and O–H groups in total. The number of aromatic nitrogens is 1. The number of nitrogens with two attached hydrogens (primary N) is 1. The summed E-state index contributed by atoms with van der Waals surface area (Å²) >= 11 is 1.54. The second-order valence-electron chi connectivity index (χ2n) is 4.22. The minimum atomic E-state index is -0.727. The second-order valence-corrected chi connectivity index (χ2v) is 5.16. The van der Waals surface area contributed by atoms with Gasteiger partial charge in [0, 0.05) is 11.8 Å². The number of nitrogens with zero attached hydrogens (tertiary/aromatic N) is 1. The molecule has 0 spiro atoms. The van der Waals surface area contributed by atoms with E-state index in [4.69, 9.17) is 5.73 Å². The van der Waals surface area contributed by atoms with E-state index < -0.39 is 17.7 Å². The average molecular weight is 276 g/mol. The molecule has 2 heterocycles. The molecule has 2 aromatic heterocycles. The van der Waals surface area contributed by atoms with Gasteiger partial charge >= 0.3 is 0 Å². The summed E-state index contributed by atoms with van der Waals surface area (Å²) in [7, 11) is 0. The lowest BCUT2D eigenvalue weighted by atomic mass is 10.0. The number of halogens is 2. The predicted octanol–water partition coefficient (Wildman–Crippen LogP) is 3.62. The van der Waals surface area contributed by atoms with Crippen molar-refractivity contribution in [3.8, 4) is 0 Å². The van der Waals surface area contributed by atoms with Crippen molar-refractivity contribution in [1.29, 1.82) is 0 Å². The molecule has 3 aromatic rings. The zero-order valence-corrected chi connectivity index (χ0v) is 10.6. The molecule has 0 aliphatic carbocycles. The Kier molecular flexibility index (Phi) is 3.00. The van der Waals surface area contributed by atoms with Crippen LogP contribution in [-0.2, 0) is 0 Å². The third-order valence-corrected chi connectivity index (χ3v) is 3.83. The molecule has 0 radical (unpaired) electrons. The third kappa shape index (κ3) is 2.22. The molecule has 3 rings (SSSR count). The molecule has 0 saturated heterocycles. The zero-order valence-electron chi connectivity index (χ0n) is 9.81. The largest absolute Gasteiger partial charge is 0.320 e. The predicted molar refractivity (Wildman–Crippen MR) is 72.0 cm³/mol. The Morgan fingerprint density at radius 3 is 2.84 bits per heavy atom. The Labute approximate surface area is 112 Å². The van der Waals surface area contributed by atoms with Gasteiger partial charge in [-0.25, -0.2) is 8.78 Å². The molecule has 0 saturated carbocycles. The maximum absolute atomic E-state index is 13.7. The first-order valence-electron chi connectivity index (χ1n) is 5.69. The van der Waals surface area contributed by atoms with Crippen molar-refractivity contribution in [3.63, 3.8) is 0 Å². The van der Waals surface area contributed by atoms with Gasteiger partial charge in [0.15, 0.2) is 0 Å². The van der Waals surface area contributed by atoms with Crippen molar-refractivity contribution in [2.45, 2.75) is 6.04 Å². The van der Waals surface area contributed by atoms with Crippen molar-refractivity contribution >= 4 is 21.6 Å². The van der Waals surface area contributed by atoms with Gasteiger partial charge < -0.3 is 5.73 Å². The molecule has 1 atom stereocenters. The topological polar surface area (TPSA) is 38.9 Å². The van der Waals surface area contributed by atoms with E-state index in [0.717, 1.165) is 28.4 Å². The SMILES string of the molecule is NC(c1cnc2ccsc2c1)c1cc(F)ccc1F. The second kappa shape index (κ2) is 4.68. The summed E-state index contributed by atoms with van der Waals surface area (Å²) in [4.78, 5) is 4.25. The van der Waals surface area contributed by atoms with Gasteiger partial charge in [-0.05, 0) is 41.3 Å². The minimum Gasteiger partial charge on any atom is -0.320 e. The molecule has 1 unspecified atom stereocenters. The summed E-state index contributed by atoms with van der Waals surface area (Å²) in [5.41, 5.74) is 7.68. The Morgan fingerprint density at radius 2 is 2.00 bits per heavy atom. The van der Waals surface area contributed by atoms with Crippen LogP contribution in [0.5, 0.6) is 0 Å². The van der Waals surface area contributed by atoms with Gasteiger partial charge in [-0.2, -0.15) is 0 Å². The van der Waals surface area contributed by atoms with Crippen LogP contribution >= 0.6 is 11.3 Å². The summed E-state index contributed by atoms with van der Waals surface area (Å²) in [6, 6.07) is 6.32. The molecule has 0 amide bonds. The number of benzene rings is 1. The van der Waals surface area contributed by atoms with Gasteiger partial charge in [0.2, 0.25) is 0 Å². The van der Waals surface area contributed by atoms with E-state index in [9.17, 15) is 8.78 Å². The highest BCUT2D eigenvalue weighted by molar-refractivity contribution is 7.17. The van der Waals surface area contributed by atoms with E-state index in [1.165, 1.54) is 11.3 Å². The lowest BCUT2D eigenvalue weighted by Gasteiger charge is -2.13. The van der Waals surface area contributed by atoms with Gasteiger partial charge in [-0.3, -0.25) is 4.98 Å². The monoisotopic (exact) mass is 276 g/mol. The molecular formula is C14H10F2N2S. The van der Waals surface area contributed by atoms with Crippen molar-refractivity contribution in [2.75, 3.05) is 0 Å². The molecule has 0 fully saturated rings. The fourth-order valence-electron chi connectivity index (χ4n) is 1.96. The van der Waals surface area contributed by atoms with E-state index in [2.05, 4.69) is 4.98 Å². The Bertz CT molecular complexity index is 739. The van der Waals surface area contributed by atoms with Gasteiger partial charge in [-0.15, -0.1) is 11.3 Å². The molecule has 5 heteroatoms. The maximum atomic E-state index is 13.7. The van der Waals surface area contributed by atoms with Crippen LogP contribution < -0.4 is 5.73 Å². The molecule has 0 bridgehead atoms. The fourth-order valence-corrected chi connectivity index (χ4v) is 2.75. The van der Waals surface area contributed by atoms with Crippen LogP contribution in [0.4, 0.5) is 8.78 Å². The number of fused-ring (bicyclic) bond motifs is 1. The summed E-state index contributed by atoms with van der Waals surface area (Å²) in [5.74, 6) is -1.02. The van der Waals surface area contributed by atoms with Gasteiger partial charge in [0.05, 0.1) is 16.3 Å². The molecule has 0 aliphatic rings. The van der Waals surface area contributed by atoms with E-state index >= 15 is 0 Å². The standard InChI is InChI=1S/C14H10F2N2S/c15-9-1-2-11(16)10(6-9)14(17)8-5-13-12(18-7-8)3-4-19-13/h1-7,14H,17H2. The molecule has 2 nitrogen and oxygen atoms in total. The summed E-state index contributed by atoms with van der Waals surface area (Å²) in [5, 5.41) is 1.93. The summed E-state index contributed by atoms with van der Waals surface area (Å²) in [6.45, 7) is 0. The van der Waals surface area contributed by atoms with E-state index in [1.807, 2.05) is 17.5 Å². The van der Waals surface area contributed by atoms with Crippen LogP contribution in [-0.4, -0.2) is 4.98 Å². The first-order valence-corrected chi connectivity index (χ1v) is 6.57. The number of rotatable bonds is 2. The van der Waals surface area contributed by atoms with Crippen molar-refractivity contribution in [2.24, 2.45) is 5.73 Å². The van der Waals surface area contributed by atoms with E-state index in [1.54, 1.807) is 6.20 Å². The smallest absolute Gasteiger partial charge is 0.128 e. The van der Waals surface area contributed by atoms with E-state index in [-0.39, 0.29) is 5.56 Å². The third-order valence-electron chi connectivity index (χ3n) is 2.98. The Morgan fingerprint density at radius 1 is 1.16 bits per heavy atom. The lowest BCUT2D eigenvalue weighted by Crippen LogP contribution is -2.14. The maximum Gasteiger partial charge on any atom is 0.128 e. The number of pyridine rings is 1. The number of hydrogen-bond acceptors (Lipinski definition) is 3. The Hall–Kier alpha value is -1.85. The molecule has 1 aromatic carbocycles. The van der Waals surface area contributed by atoms with Crippen molar-refractivity contribution in [1.82, 2.24) is 4.98 Å². The molecule has 96 valence electrons. The van der Waals surface area contributed by atoms with Crippen LogP contribution in [0.3, 0.4) is 0 Å². The van der Waals surface area contributed by atoms with Crippen molar-refractivity contribution in [3.05, 3.63) is 64.7 Å². The summed E-state index contributed by atoms with van der Waals surface area (Å²) in [6.07, 6.45) is 1.60. The van der Waals surface area contributed by atoms with Gasteiger partial charge in [0.1, 0.15) is 11.6 Å². The van der Waals surface area contributed by atoms with Crippen LogP contribution in [0.2, 0.25) is 0 Å². The molecular weight excluding hydrogens is 266 g/mol. The highest BCUT2D eigenvalue weighted by Crippen LogP contribution is 2.26. The normalized spacial score (nSPS) is 12.8. The van der Waals surface area contributed by atoms with Crippen LogP contribution in [0.25, 0.3) is 10.2 Å². The highest BCUT2D eigenvalue weighted by Gasteiger charge is 2.15. The van der Waals surface area contributed by atoms with Gasteiger partial charge in [-0.1, -0.05) is 0 Å². The lowest BCUT2D eigenvalue weighted by molar-refractivity contribution is 0.576. The molecule has 19 heavy (non-hydrogen) atoms. The van der Waals surface area contributed by atoms with Crippen molar-refractivity contribution < 1.29 is 8.78 Å². The molecule has 0 aliphatic heterocycles. The Balaban J connectivity index is 2.07. The number of thiophene rings is 1. The van der Waals surface area contributed by atoms with Crippen LogP contribution in [0.15, 0.2) is 41.9 Å². The minimum absolute atomic E-state index is 0.137. The first-order chi connectivity index (χ1) is 9.15. The summed E-state index contributed by atoms with van der Waals surface area (Å²) < 4.78 is 27.9. The fraction of sp³-hybridized carbons (Fsp3) is 0.0714. The highest BCUT2D eigenvalue weighted by atomic mass is 32.1. The quantitative estimate of drug-likeness (QED) is 0.776. The van der Waals surface area contributed by atoms with Crippen LogP contribution in [0.1, 0.15) is 17.2 Å². The average Bonchev–Trinajstić information content (AvgIpc) is 2.88. The zero-order chi connectivity index (χ0) is 13.4. The van der Waals surface area contributed by atoms with E-state index in [0.29, 0.717) is 5.56 Å². The van der Waals surface area contributed by atoms with Crippen LogP contribution in [0, 0.1) is 11.6 Å². The van der Waals surface area contributed by atoms with Gasteiger partial charge in [0.25, 0.3) is 0 Å². The number of hydrogen-bond donors (Lipinski definition) is 1. The first kappa shape index (κ1) is 12.2.